The first kappa shape index (κ1) is 15.0. The van der Waals surface area contributed by atoms with Crippen LogP contribution in [0.1, 0.15) is 72.1 Å². The van der Waals surface area contributed by atoms with Gasteiger partial charge in [0.15, 0.2) is 0 Å². The first-order valence-electron chi connectivity index (χ1n) is 7.07. The van der Waals surface area contributed by atoms with Gasteiger partial charge in [-0.3, -0.25) is 0 Å². The van der Waals surface area contributed by atoms with Crippen molar-refractivity contribution in [1.29, 1.82) is 0 Å². The van der Waals surface area contributed by atoms with Crippen LogP contribution < -0.4 is 0 Å². The van der Waals surface area contributed by atoms with E-state index in [2.05, 4.69) is 25.7 Å². The Hall–Kier alpha value is -0.0400. The minimum absolute atomic E-state index is 1.22. The van der Waals surface area contributed by atoms with E-state index in [1.165, 1.54) is 71.0 Å². The Morgan fingerprint density at radius 2 is 1.07 bits per heavy atom. The molecule has 0 heterocycles. The lowest BCUT2D eigenvalue weighted by molar-refractivity contribution is 0.295. The first-order chi connectivity index (χ1) is 7.35. The molecule has 0 fully saturated rings. The van der Waals surface area contributed by atoms with Gasteiger partial charge in [-0.2, -0.15) is 0 Å². The molecule has 0 saturated heterocycles. The van der Waals surface area contributed by atoms with Crippen molar-refractivity contribution in [3.05, 3.63) is 0 Å². The lowest BCUT2D eigenvalue weighted by Crippen LogP contribution is -2.23. The van der Waals surface area contributed by atoms with E-state index in [0.717, 1.165) is 0 Å². The van der Waals surface area contributed by atoms with Crippen LogP contribution in [-0.2, 0) is 0 Å². The Morgan fingerprint density at radius 1 is 0.600 bits per heavy atom. The summed E-state index contributed by atoms with van der Waals surface area (Å²) in [6.45, 7) is 10.5. The molecule has 1 nitrogen and oxygen atoms in total. The molecule has 0 aliphatic heterocycles. The van der Waals surface area contributed by atoms with Gasteiger partial charge in [-0.05, 0) is 26.1 Å². The third-order valence-electron chi connectivity index (χ3n) is 3.22. The van der Waals surface area contributed by atoms with Crippen molar-refractivity contribution in [3.8, 4) is 0 Å². The van der Waals surface area contributed by atoms with Gasteiger partial charge in [0.1, 0.15) is 0 Å². The van der Waals surface area contributed by atoms with Crippen LogP contribution in [0, 0.1) is 0 Å². The van der Waals surface area contributed by atoms with E-state index in [9.17, 15) is 0 Å². The second kappa shape index (κ2) is 12.0. The SMILES string of the molecule is CCCCCCCCCCN(CC)CC. The van der Waals surface area contributed by atoms with Crippen LogP contribution >= 0.6 is 0 Å². The molecule has 15 heavy (non-hydrogen) atoms. The molecule has 0 rings (SSSR count). The normalized spacial score (nSPS) is 11.2. The van der Waals surface area contributed by atoms with Crippen LogP contribution in [0.25, 0.3) is 0 Å². The number of rotatable bonds is 11. The maximum absolute atomic E-state index is 2.52. The fraction of sp³-hybridized carbons (Fsp3) is 1.00. The van der Waals surface area contributed by atoms with Crippen LogP contribution in [0.15, 0.2) is 0 Å². The fourth-order valence-electron chi connectivity index (χ4n) is 2.01. The molecular weight excluding hydrogens is 182 g/mol. The molecule has 0 N–H and O–H groups in total. The van der Waals surface area contributed by atoms with Crippen molar-refractivity contribution in [2.24, 2.45) is 0 Å². The summed E-state index contributed by atoms with van der Waals surface area (Å²) in [7, 11) is 0. The molecule has 92 valence electrons. The van der Waals surface area contributed by atoms with E-state index >= 15 is 0 Å². The average Bonchev–Trinajstić information content (AvgIpc) is 2.27. The standard InChI is InChI=1S/C14H31N/c1-4-7-8-9-10-11-12-13-14-15(5-2)6-3/h4-14H2,1-3H3. The monoisotopic (exact) mass is 213 g/mol. The molecule has 0 spiro atoms. The smallest absolute Gasteiger partial charge is 0.00190 e. The summed E-state index contributed by atoms with van der Waals surface area (Å²) in [5, 5.41) is 0. The maximum atomic E-state index is 2.52. The van der Waals surface area contributed by atoms with Gasteiger partial charge in [0.25, 0.3) is 0 Å². The van der Waals surface area contributed by atoms with E-state index < -0.39 is 0 Å². The summed E-state index contributed by atoms with van der Waals surface area (Å²) in [6, 6.07) is 0. The summed E-state index contributed by atoms with van der Waals surface area (Å²) < 4.78 is 0. The Kier molecular flexibility index (Phi) is 12.0. The van der Waals surface area contributed by atoms with Crippen LogP contribution in [0.2, 0.25) is 0 Å². The first-order valence-corrected chi connectivity index (χ1v) is 7.07. The number of unbranched alkanes of at least 4 members (excludes halogenated alkanes) is 7. The highest BCUT2D eigenvalue weighted by Gasteiger charge is 1.97. The largest absolute Gasteiger partial charge is 0.304 e. The molecule has 0 aromatic heterocycles. The fourth-order valence-corrected chi connectivity index (χ4v) is 2.01. The second-order valence-corrected chi connectivity index (χ2v) is 4.50. The quantitative estimate of drug-likeness (QED) is 0.458. The predicted octanol–water partition coefficient (Wildman–Crippen LogP) is 4.47. The van der Waals surface area contributed by atoms with E-state index in [4.69, 9.17) is 0 Å². The van der Waals surface area contributed by atoms with Gasteiger partial charge in [-0.15, -0.1) is 0 Å². The lowest BCUT2D eigenvalue weighted by atomic mass is 10.1. The van der Waals surface area contributed by atoms with Crippen molar-refractivity contribution in [3.63, 3.8) is 0 Å². The summed E-state index contributed by atoms with van der Waals surface area (Å²) in [5.41, 5.74) is 0. The summed E-state index contributed by atoms with van der Waals surface area (Å²) in [6.07, 6.45) is 11.4. The summed E-state index contributed by atoms with van der Waals surface area (Å²) >= 11 is 0. The molecule has 0 saturated carbocycles. The predicted molar refractivity (Wildman–Crippen MR) is 70.4 cm³/mol. The molecule has 0 aliphatic carbocycles. The van der Waals surface area contributed by atoms with Crippen molar-refractivity contribution in [1.82, 2.24) is 4.90 Å². The van der Waals surface area contributed by atoms with Gasteiger partial charge < -0.3 is 4.90 Å². The topological polar surface area (TPSA) is 3.24 Å². The highest BCUT2D eigenvalue weighted by Crippen LogP contribution is 2.08. The number of hydrogen-bond donors (Lipinski definition) is 0. The molecule has 1 heteroatoms. The molecular formula is C14H31N. The van der Waals surface area contributed by atoms with E-state index in [1.54, 1.807) is 0 Å². The minimum Gasteiger partial charge on any atom is -0.304 e. The van der Waals surface area contributed by atoms with Crippen molar-refractivity contribution >= 4 is 0 Å². The molecule has 0 amide bonds. The minimum atomic E-state index is 1.22. The van der Waals surface area contributed by atoms with E-state index in [0.29, 0.717) is 0 Å². The highest BCUT2D eigenvalue weighted by atomic mass is 15.1. The van der Waals surface area contributed by atoms with Gasteiger partial charge in [0, 0.05) is 0 Å². The van der Waals surface area contributed by atoms with Gasteiger partial charge in [-0.1, -0.05) is 65.7 Å². The number of nitrogens with zero attached hydrogens (tertiary/aromatic N) is 1. The van der Waals surface area contributed by atoms with Crippen molar-refractivity contribution in [2.75, 3.05) is 19.6 Å². The van der Waals surface area contributed by atoms with E-state index in [1.807, 2.05) is 0 Å². The third kappa shape index (κ3) is 10.2. The molecule has 0 bridgehead atoms. The summed E-state index contributed by atoms with van der Waals surface area (Å²) in [5.74, 6) is 0. The van der Waals surface area contributed by atoms with Crippen molar-refractivity contribution < 1.29 is 0 Å². The van der Waals surface area contributed by atoms with Crippen LogP contribution in [-0.4, -0.2) is 24.5 Å². The second-order valence-electron chi connectivity index (χ2n) is 4.50. The lowest BCUT2D eigenvalue weighted by Gasteiger charge is -2.17. The van der Waals surface area contributed by atoms with Crippen molar-refractivity contribution in [2.45, 2.75) is 72.1 Å². The van der Waals surface area contributed by atoms with Crippen LogP contribution in [0.3, 0.4) is 0 Å². The van der Waals surface area contributed by atoms with E-state index in [-0.39, 0.29) is 0 Å². The average molecular weight is 213 g/mol. The highest BCUT2D eigenvalue weighted by molar-refractivity contribution is 4.53. The molecule has 0 unspecified atom stereocenters. The molecule has 0 radical (unpaired) electrons. The van der Waals surface area contributed by atoms with Gasteiger partial charge in [-0.25, -0.2) is 0 Å². The van der Waals surface area contributed by atoms with Crippen LogP contribution in [0.5, 0.6) is 0 Å². The third-order valence-corrected chi connectivity index (χ3v) is 3.22. The van der Waals surface area contributed by atoms with Crippen LogP contribution in [0.4, 0.5) is 0 Å². The Morgan fingerprint density at radius 3 is 1.53 bits per heavy atom. The Balaban J connectivity index is 3.04. The number of hydrogen-bond acceptors (Lipinski definition) is 1. The van der Waals surface area contributed by atoms with Gasteiger partial charge >= 0.3 is 0 Å². The zero-order valence-electron chi connectivity index (χ0n) is 11.2. The molecule has 0 aliphatic rings. The zero-order valence-corrected chi connectivity index (χ0v) is 11.2. The van der Waals surface area contributed by atoms with Gasteiger partial charge in [0.2, 0.25) is 0 Å². The molecule has 0 atom stereocenters. The maximum Gasteiger partial charge on any atom is -0.00190 e. The zero-order chi connectivity index (χ0) is 11.4. The molecule has 0 aromatic rings. The Bertz CT molecular complexity index is 108. The van der Waals surface area contributed by atoms with Gasteiger partial charge in [0.05, 0.1) is 0 Å². The molecule has 0 aromatic carbocycles. The Labute approximate surface area is 97.2 Å². The summed E-state index contributed by atoms with van der Waals surface area (Å²) in [4.78, 5) is 2.52.